The second-order valence-electron chi connectivity index (χ2n) is 4.73. The summed E-state index contributed by atoms with van der Waals surface area (Å²) in [5.41, 5.74) is 3.54. The van der Waals surface area contributed by atoms with Crippen LogP contribution in [0.2, 0.25) is 0 Å². The molecule has 110 valence electrons. The highest BCUT2D eigenvalue weighted by molar-refractivity contribution is 5.88. The van der Waals surface area contributed by atoms with Crippen LogP contribution in [0.15, 0.2) is 60.8 Å². The first kappa shape index (κ1) is 14.1. The quantitative estimate of drug-likeness (QED) is 0.545. The third kappa shape index (κ3) is 2.76. The number of aromatic nitrogens is 2. The number of pyridine rings is 1. The standard InChI is InChI=1S/C18H16N2O2/c1-2-22-17(21)12-11-15-18(14-8-4-3-5-9-14)19-16-10-6-7-13-20(15)16/h3-13H,2H2,1H3. The third-order valence-corrected chi connectivity index (χ3v) is 3.28. The Kier molecular flexibility index (Phi) is 4.01. The SMILES string of the molecule is CCOC(=O)C=Cc1c(-c2ccccc2)nc2ccccn12. The number of esters is 1. The first-order valence-electron chi connectivity index (χ1n) is 7.17. The molecule has 0 N–H and O–H groups in total. The molecule has 0 aliphatic carbocycles. The van der Waals surface area contributed by atoms with Gasteiger partial charge in [0.2, 0.25) is 0 Å². The Morgan fingerprint density at radius 3 is 2.73 bits per heavy atom. The lowest BCUT2D eigenvalue weighted by atomic mass is 10.1. The fourth-order valence-corrected chi connectivity index (χ4v) is 2.32. The number of nitrogens with zero attached hydrogens (tertiary/aromatic N) is 2. The highest BCUT2D eigenvalue weighted by Crippen LogP contribution is 2.25. The van der Waals surface area contributed by atoms with Crippen LogP contribution in [0, 0.1) is 0 Å². The predicted molar refractivity (Wildman–Crippen MR) is 86.3 cm³/mol. The topological polar surface area (TPSA) is 43.6 Å². The van der Waals surface area contributed by atoms with E-state index in [2.05, 4.69) is 4.98 Å². The van der Waals surface area contributed by atoms with Crippen molar-refractivity contribution >= 4 is 17.7 Å². The molecule has 22 heavy (non-hydrogen) atoms. The zero-order chi connectivity index (χ0) is 15.4. The molecule has 0 spiro atoms. The Labute approximate surface area is 128 Å². The van der Waals surface area contributed by atoms with E-state index in [1.807, 2.05) is 59.1 Å². The van der Waals surface area contributed by atoms with Crippen LogP contribution in [0.1, 0.15) is 12.6 Å². The summed E-state index contributed by atoms with van der Waals surface area (Å²) in [6, 6.07) is 15.7. The van der Waals surface area contributed by atoms with Crippen molar-refractivity contribution in [1.29, 1.82) is 0 Å². The molecule has 1 aromatic carbocycles. The van der Waals surface area contributed by atoms with Gasteiger partial charge in [-0.3, -0.25) is 4.40 Å². The predicted octanol–water partition coefficient (Wildman–Crippen LogP) is 3.58. The highest BCUT2D eigenvalue weighted by atomic mass is 16.5. The van der Waals surface area contributed by atoms with E-state index in [4.69, 9.17) is 4.74 Å². The molecule has 0 amide bonds. The van der Waals surface area contributed by atoms with Crippen LogP contribution in [0.25, 0.3) is 23.0 Å². The Balaban J connectivity index is 2.12. The molecule has 0 aliphatic rings. The second-order valence-corrected chi connectivity index (χ2v) is 4.73. The molecule has 0 atom stereocenters. The zero-order valence-electron chi connectivity index (χ0n) is 12.3. The molecule has 3 rings (SSSR count). The maximum atomic E-state index is 11.6. The minimum atomic E-state index is -0.354. The number of fused-ring (bicyclic) bond motifs is 1. The molecule has 2 aromatic heterocycles. The van der Waals surface area contributed by atoms with Gasteiger partial charge >= 0.3 is 5.97 Å². The van der Waals surface area contributed by atoms with Crippen molar-refractivity contribution in [2.45, 2.75) is 6.92 Å². The van der Waals surface area contributed by atoms with E-state index in [0.717, 1.165) is 22.6 Å². The van der Waals surface area contributed by atoms with Crippen molar-refractivity contribution in [2.24, 2.45) is 0 Å². The van der Waals surface area contributed by atoms with Gasteiger partial charge in [0.15, 0.2) is 0 Å². The van der Waals surface area contributed by atoms with E-state index in [0.29, 0.717) is 6.61 Å². The molecule has 4 heteroatoms. The molecule has 4 nitrogen and oxygen atoms in total. The molecule has 0 saturated heterocycles. The van der Waals surface area contributed by atoms with Gasteiger partial charge in [-0.05, 0) is 25.1 Å². The highest BCUT2D eigenvalue weighted by Gasteiger charge is 2.11. The van der Waals surface area contributed by atoms with E-state index < -0.39 is 0 Å². The van der Waals surface area contributed by atoms with Crippen LogP contribution in [-0.2, 0) is 9.53 Å². The Bertz CT molecular complexity index is 819. The molecule has 2 heterocycles. The summed E-state index contributed by atoms with van der Waals surface area (Å²) < 4.78 is 6.90. The molecule has 0 aliphatic heterocycles. The van der Waals surface area contributed by atoms with Crippen molar-refractivity contribution in [3.63, 3.8) is 0 Å². The smallest absolute Gasteiger partial charge is 0.330 e. The molecule has 3 aromatic rings. The number of carbonyl (C=O) groups is 1. The number of benzene rings is 1. The van der Waals surface area contributed by atoms with Crippen molar-refractivity contribution in [2.75, 3.05) is 6.61 Å². The van der Waals surface area contributed by atoms with Crippen LogP contribution < -0.4 is 0 Å². The van der Waals surface area contributed by atoms with Gasteiger partial charge < -0.3 is 4.74 Å². The molecule has 0 saturated carbocycles. The van der Waals surface area contributed by atoms with Gasteiger partial charge in [-0.1, -0.05) is 36.4 Å². The molecule has 0 radical (unpaired) electrons. The molecular weight excluding hydrogens is 276 g/mol. The van der Waals surface area contributed by atoms with Crippen LogP contribution >= 0.6 is 0 Å². The third-order valence-electron chi connectivity index (χ3n) is 3.28. The maximum absolute atomic E-state index is 11.6. The summed E-state index contributed by atoms with van der Waals surface area (Å²) in [5, 5.41) is 0. The second kappa shape index (κ2) is 6.26. The maximum Gasteiger partial charge on any atom is 0.330 e. The lowest BCUT2D eigenvalue weighted by molar-refractivity contribution is -0.137. The first-order valence-corrected chi connectivity index (χ1v) is 7.17. The number of hydrogen-bond donors (Lipinski definition) is 0. The van der Waals surface area contributed by atoms with Crippen LogP contribution in [-0.4, -0.2) is 22.0 Å². The monoisotopic (exact) mass is 292 g/mol. The summed E-state index contributed by atoms with van der Waals surface area (Å²) in [6.45, 7) is 2.15. The van der Waals surface area contributed by atoms with Crippen molar-refractivity contribution in [1.82, 2.24) is 9.38 Å². The van der Waals surface area contributed by atoms with Crippen LogP contribution in [0.3, 0.4) is 0 Å². The number of rotatable bonds is 4. The minimum absolute atomic E-state index is 0.354. The van der Waals surface area contributed by atoms with Crippen molar-refractivity contribution in [3.05, 3.63) is 66.5 Å². The number of imidazole rings is 1. The first-order chi connectivity index (χ1) is 10.8. The largest absolute Gasteiger partial charge is 0.463 e. The summed E-state index contributed by atoms with van der Waals surface area (Å²) in [4.78, 5) is 16.2. The summed E-state index contributed by atoms with van der Waals surface area (Å²) in [7, 11) is 0. The van der Waals surface area contributed by atoms with Gasteiger partial charge in [-0.25, -0.2) is 9.78 Å². The summed E-state index contributed by atoms with van der Waals surface area (Å²) in [6.07, 6.45) is 5.12. The Hall–Kier alpha value is -2.88. The summed E-state index contributed by atoms with van der Waals surface area (Å²) >= 11 is 0. The minimum Gasteiger partial charge on any atom is -0.463 e. The van der Waals surface area contributed by atoms with E-state index in [9.17, 15) is 4.79 Å². The van der Waals surface area contributed by atoms with Gasteiger partial charge in [0.1, 0.15) is 5.65 Å². The molecular formula is C18H16N2O2. The Morgan fingerprint density at radius 2 is 1.95 bits per heavy atom. The average molecular weight is 292 g/mol. The fraction of sp³-hybridized carbons (Fsp3) is 0.111. The van der Waals surface area contributed by atoms with Gasteiger partial charge in [0, 0.05) is 17.8 Å². The zero-order valence-corrected chi connectivity index (χ0v) is 12.3. The normalized spacial score (nSPS) is 11.1. The van der Waals surface area contributed by atoms with Crippen LogP contribution in [0.4, 0.5) is 0 Å². The Morgan fingerprint density at radius 1 is 1.18 bits per heavy atom. The number of carbonyl (C=O) groups excluding carboxylic acids is 1. The number of ether oxygens (including phenoxy) is 1. The van der Waals surface area contributed by atoms with Gasteiger partial charge in [-0.2, -0.15) is 0 Å². The van der Waals surface area contributed by atoms with Gasteiger partial charge in [0.05, 0.1) is 18.0 Å². The molecule has 0 unspecified atom stereocenters. The van der Waals surface area contributed by atoms with E-state index in [1.165, 1.54) is 6.08 Å². The van der Waals surface area contributed by atoms with Crippen molar-refractivity contribution < 1.29 is 9.53 Å². The fourth-order valence-electron chi connectivity index (χ4n) is 2.32. The average Bonchev–Trinajstić information content (AvgIpc) is 2.93. The molecule has 0 fully saturated rings. The molecule has 0 bridgehead atoms. The van der Waals surface area contributed by atoms with Gasteiger partial charge in [-0.15, -0.1) is 0 Å². The number of hydrogen-bond acceptors (Lipinski definition) is 3. The van der Waals surface area contributed by atoms with E-state index in [-0.39, 0.29) is 5.97 Å². The lowest BCUT2D eigenvalue weighted by Gasteiger charge is -2.01. The van der Waals surface area contributed by atoms with Crippen molar-refractivity contribution in [3.8, 4) is 11.3 Å². The van der Waals surface area contributed by atoms with E-state index in [1.54, 1.807) is 13.0 Å². The van der Waals surface area contributed by atoms with Gasteiger partial charge in [0.25, 0.3) is 0 Å². The summed E-state index contributed by atoms with van der Waals surface area (Å²) in [5.74, 6) is -0.354. The van der Waals surface area contributed by atoms with Crippen LogP contribution in [0.5, 0.6) is 0 Å². The lowest BCUT2D eigenvalue weighted by Crippen LogP contribution is -1.99. The van der Waals surface area contributed by atoms with E-state index >= 15 is 0 Å².